The van der Waals surface area contributed by atoms with Crippen LogP contribution in [0.3, 0.4) is 0 Å². The average molecular weight is 364 g/mol. The van der Waals surface area contributed by atoms with Crippen LogP contribution in [0.1, 0.15) is 41.5 Å². The van der Waals surface area contributed by atoms with E-state index in [1.54, 1.807) is 5.57 Å². The molecule has 0 aliphatic heterocycles. The Labute approximate surface area is 126 Å². The normalized spacial score (nSPS) is 26.6. The molecule has 1 aliphatic rings. The fourth-order valence-corrected chi connectivity index (χ4v) is 3.22. The molecular formula is C14H23Yb. The molecule has 1 heteroatoms. The summed E-state index contributed by atoms with van der Waals surface area (Å²) in [6, 6.07) is 0. The minimum atomic E-state index is 0.147. The van der Waals surface area contributed by atoms with Gasteiger partial charge in [0.15, 0.2) is 0 Å². The summed E-state index contributed by atoms with van der Waals surface area (Å²) in [6.07, 6.45) is 4.68. The van der Waals surface area contributed by atoms with Gasteiger partial charge >= 0.3 is 127 Å². The molecule has 0 spiro atoms. The van der Waals surface area contributed by atoms with Gasteiger partial charge in [-0.15, -0.1) is 0 Å². The predicted octanol–water partition coefficient (Wildman–Crippen LogP) is 4.53. The number of rotatable bonds is 3. The fourth-order valence-electron chi connectivity index (χ4n) is 2.34. The summed E-state index contributed by atoms with van der Waals surface area (Å²) >= 11 is 3.54. The summed E-state index contributed by atoms with van der Waals surface area (Å²) in [5.74, 6) is 1.87. The molecule has 0 saturated heterocycles. The second-order valence-corrected chi connectivity index (χ2v) is 6.76. The van der Waals surface area contributed by atoms with Crippen molar-refractivity contribution in [2.24, 2.45) is 17.8 Å². The molecule has 0 heterocycles. The third kappa shape index (κ3) is 2.64. The summed E-state index contributed by atoms with van der Waals surface area (Å²) in [4.78, 5) is 0. The van der Waals surface area contributed by atoms with Crippen molar-refractivity contribution in [3.63, 3.8) is 0 Å². The second kappa shape index (κ2) is 5.10. The van der Waals surface area contributed by atoms with Gasteiger partial charge < -0.3 is 0 Å². The van der Waals surface area contributed by atoms with Crippen LogP contribution in [0, 0.1) is 62.4 Å². The summed E-state index contributed by atoms with van der Waals surface area (Å²) in [5, 5.41) is 0. The molecule has 0 aromatic heterocycles. The molecule has 0 N–H and O–H groups in total. The van der Waals surface area contributed by atoms with E-state index in [4.69, 9.17) is 0 Å². The van der Waals surface area contributed by atoms with Crippen LogP contribution in [-0.4, -0.2) is 0 Å². The molecule has 0 amide bonds. The zero-order valence-electron chi connectivity index (χ0n) is 10.7. The first kappa shape index (κ1) is 14.1. The zero-order chi connectivity index (χ0) is 11.8. The predicted molar refractivity (Wildman–Crippen MR) is 63.4 cm³/mol. The van der Waals surface area contributed by atoms with Crippen molar-refractivity contribution in [1.82, 2.24) is 0 Å². The van der Waals surface area contributed by atoms with Gasteiger partial charge in [-0.1, -0.05) is 0 Å². The molecule has 0 aromatic carbocycles. The van der Waals surface area contributed by atoms with E-state index in [2.05, 4.69) is 98.3 Å². The van der Waals surface area contributed by atoms with Gasteiger partial charge in [-0.2, -0.15) is 0 Å². The SMILES string of the molecule is CC(C)C1=C(C(C)C)[C]([Yb])(C(C)C)C=C1. The molecule has 93 valence electrons. The van der Waals surface area contributed by atoms with Crippen molar-refractivity contribution < 1.29 is 44.6 Å². The van der Waals surface area contributed by atoms with E-state index in [1.807, 2.05) is 0 Å². The molecule has 1 unspecified atom stereocenters. The first-order valence-corrected chi connectivity index (χ1v) is 6.73. The minimum absolute atomic E-state index is 0.147. The van der Waals surface area contributed by atoms with Gasteiger partial charge in [0.2, 0.25) is 0 Å². The van der Waals surface area contributed by atoms with Crippen molar-refractivity contribution in [2.75, 3.05) is 0 Å². The van der Waals surface area contributed by atoms with E-state index in [1.165, 1.54) is 5.57 Å². The van der Waals surface area contributed by atoms with Crippen molar-refractivity contribution >= 4 is 0 Å². The van der Waals surface area contributed by atoms with E-state index in [-0.39, 0.29) is 0.173 Å². The Morgan fingerprint density at radius 1 is 1.00 bits per heavy atom. The molecule has 1 rings (SSSR count). The van der Waals surface area contributed by atoms with E-state index >= 15 is 0 Å². The summed E-state index contributed by atoms with van der Waals surface area (Å²) < 4.78 is 0.147. The third-order valence-corrected chi connectivity index (χ3v) is 4.89. The molecule has 1 aliphatic carbocycles. The maximum absolute atomic E-state index is 3.54. The van der Waals surface area contributed by atoms with Crippen LogP contribution in [0.2, 0.25) is 0.173 Å². The van der Waals surface area contributed by atoms with Gasteiger partial charge in [0.05, 0.1) is 0 Å². The van der Waals surface area contributed by atoms with E-state index < -0.39 is 0 Å². The van der Waals surface area contributed by atoms with Crippen LogP contribution in [-0.2, 0) is 0 Å². The molecule has 0 saturated carbocycles. The standard InChI is InChI=1S/C14H23.Yb/c1-9(2)12-7-8-13(10(3)4)14(12)11(5)6;/h7-11H,1-6H3;. The van der Waals surface area contributed by atoms with Crippen LogP contribution >= 0.6 is 0 Å². The molecule has 15 heavy (non-hydrogen) atoms. The third-order valence-electron chi connectivity index (χ3n) is 3.16. The molecule has 0 aromatic rings. The Morgan fingerprint density at radius 3 is 1.87 bits per heavy atom. The van der Waals surface area contributed by atoms with E-state index in [0.29, 0.717) is 17.8 Å². The Balaban J connectivity index is 3.22. The number of hydrogen-bond donors (Lipinski definition) is 0. The first-order chi connectivity index (χ1) is 6.80. The van der Waals surface area contributed by atoms with Crippen LogP contribution in [0.5, 0.6) is 0 Å². The Hall–Kier alpha value is 0.999. The fraction of sp³-hybridized carbons (Fsp3) is 0.714. The number of allylic oxidation sites excluding steroid dienone is 4. The van der Waals surface area contributed by atoms with Gasteiger partial charge in [-0.05, 0) is 0 Å². The van der Waals surface area contributed by atoms with Gasteiger partial charge in [0, 0.05) is 0 Å². The monoisotopic (exact) mass is 365 g/mol. The Morgan fingerprint density at radius 2 is 1.53 bits per heavy atom. The molecular weight excluding hydrogens is 341 g/mol. The second-order valence-electron chi connectivity index (χ2n) is 5.34. The maximum atomic E-state index is 3.54. The Kier molecular flexibility index (Phi) is 4.78. The molecule has 0 radical (unpaired) electrons. The molecule has 0 bridgehead atoms. The van der Waals surface area contributed by atoms with Gasteiger partial charge in [-0.3, -0.25) is 0 Å². The van der Waals surface area contributed by atoms with Crippen LogP contribution in [0.4, 0.5) is 0 Å². The van der Waals surface area contributed by atoms with Gasteiger partial charge in [-0.25, -0.2) is 0 Å². The first-order valence-electron chi connectivity index (χ1n) is 5.87. The quantitative estimate of drug-likeness (QED) is 0.690. The summed E-state index contributed by atoms with van der Waals surface area (Å²) in [6.45, 7) is 13.8. The van der Waals surface area contributed by atoms with Crippen molar-refractivity contribution in [1.29, 1.82) is 0 Å². The van der Waals surface area contributed by atoms with Crippen LogP contribution in [0.15, 0.2) is 23.3 Å². The van der Waals surface area contributed by atoms with Crippen molar-refractivity contribution in [3.05, 3.63) is 23.3 Å². The number of hydrogen-bond acceptors (Lipinski definition) is 0. The van der Waals surface area contributed by atoms with Crippen LogP contribution in [0.25, 0.3) is 0 Å². The summed E-state index contributed by atoms with van der Waals surface area (Å²) in [5.41, 5.74) is 3.13. The van der Waals surface area contributed by atoms with Gasteiger partial charge in [0.25, 0.3) is 0 Å². The molecule has 1 atom stereocenters. The van der Waals surface area contributed by atoms with Crippen molar-refractivity contribution in [3.8, 4) is 0 Å². The zero-order valence-corrected chi connectivity index (χ0v) is 12.4. The Bertz CT molecular complexity index is 294. The van der Waals surface area contributed by atoms with E-state index in [0.717, 1.165) is 0 Å². The van der Waals surface area contributed by atoms with Crippen molar-refractivity contribution in [2.45, 2.75) is 41.7 Å². The average Bonchev–Trinajstić information content (AvgIpc) is 2.44. The van der Waals surface area contributed by atoms with E-state index in [9.17, 15) is 0 Å². The molecule has 0 nitrogen and oxygen atoms in total. The van der Waals surface area contributed by atoms with Crippen LogP contribution < -0.4 is 0 Å². The molecule has 0 fully saturated rings. The topological polar surface area (TPSA) is 0 Å². The summed E-state index contributed by atoms with van der Waals surface area (Å²) in [7, 11) is 0. The van der Waals surface area contributed by atoms with Gasteiger partial charge in [0.1, 0.15) is 0 Å².